The number of nitrogens with one attached hydrogen (secondary N) is 1. The summed E-state index contributed by atoms with van der Waals surface area (Å²) in [5.74, 6) is -0.358. The predicted octanol–water partition coefficient (Wildman–Crippen LogP) is -4.02. The number of aliphatic hydroxyl groups excluding tert-OH is 1. The molecule has 0 unspecified atom stereocenters. The minimum Gasteiger partial charge on any atom is -1.00 e. The SMILES string of the molecule is C1COCCN1.O=S(=O)(O)CCCO.[H-].[Na+]. The third-order valence-electron chi connectivity index (χ3n) is 1.41. The van der Waals surface area contributed by atoms with Crippen LogP contribution in [0.5, 0.6) is 0 Å². The van der Waals surface area contributed by atoms with Crippen LogP contribution in [0.25, 0.3) is 0 Å². The summed E-state index contributed by atoms with van der Waals surface area (Å²) >= 11 is 0. The van der Waals surface area contributed by atoms with Crippen LogP contribution in [0.15, 0.2) is 0 Å². The van der Waals surface area contributed by atoms with Gasteiger partial charge in [-0.3, -0.25) is 4.55 Å². The molecule has 8 heteroatoms. The minimum atomic E-state index is -3.85. The summed E-state index contributed by atoms with van der Waals surface area (Å²) in [5, 5.41) is 11.2. The molecule has 1 fully saturated rings. The number of hydrogen-bond acceptors (Lipinski definition) is 5. The van der Waals surface area contributed by atoms with E-state index in [1.807, 2.05) is 0 Å². The Morgan fingerprint density at radius 2 is 1.87 bits per heavy atom. The summed E-state index contributed by atoms with van der Waals surface area (Å²) in [6, 6.07) is 0. The fourth-order valence-electron chi connectivity index (χ4n) is 0.763. The standard InChI is InChI=1S/C4H9NO.C3H8O4S.Na.H/c1-3-6-4-2-5-1;4-2-1-3-8(5,6)7;;/h5H,1-4H2;4H,1-3H2,(H,5,6,7);;/q;;+1;-1. The zero-order valence-corrected chi connectivity index (χ0v) is 11.8. The molecule has 1 rings (SSSR count). The topological polar surface area (TPSA) is 95.9 Å². The molecule has 1 saturated heterocycles. The van der Waals surface area contributed by atoms with Crippen LogP contribution in [-0.4, -0.2) is 56.7 Å². The molecule has 0 saturated carbocycles. The summed E-state index contributed by atoms with van der Waals surface area (Å²) in [6.07, 6.45) is 0.0961. The second kappa shape index (κ2) is 11.3. The Balaban J connectivity index is -0.000000192. The first-order valence-corrected chi connectivity index (χ1v) is 6.01. The van der Waals surface area contributed by atoms with Crippen molar-refractivity contribution in [3.8, 4) is 0 Å². The first kappa shape index (κ1) is 18.2. The van der Waals surface area contributed by atoms with Crippen molar-refractivity contribution < 1.29 is 53.8 Å². The van der Waals surface area contributed by atoms with E-state index in [2.05, 4.69) is 5.32 Å². The number of hydrogen-bond donors (Lipinski definition) is 3. The van der Waals surface area contributed by atoms with Crippen molar-refractivity contribution in [2.75, 3.05) is 38.7 Å². The van der Waals surface area contributed by atoms with Gasteiger partial charge in [-0.2, -0.15) is 8.42 Å². The Hall–Kier alpha value is 0.790. The average molecular weight is 251 g/mol. The molecule has 0 aromatic heterocycles. The fourth-order valence-corrected chi connectivity index (χ4v) is 1.26. The summed E-state index contributed by atoms with van der Waals surface area (Å²) in [6.45, 7) is 3.62. The van der Waals surface area contributed by atoms with E-state index < -0.39 is 10.1 Å². The maximum Gasteiger partial charge on any atom is 1.00 e. The van der Waals surface area contributed by atoms with Crippen molar-refractivity contribution in [3.05, 3.63) is 0 Å². The van der Waals surface area contributed by atoms with Gasteiger partial charge in [-0.15, -0.1) is 0 Å². The second-order valence-electron chi connectivity index (χ2n) is 2.73. The van der Waals surface area contributed by atoms with E-state index in [9.17, 15) is 8.42 Å². The first-order valence-electron chi connectivity index (χ1n) is 4.41. The van der Waals surface area contributed by atoms with E-state index in [4.69, 9.17) is 14.4 Å². The molecule has 0 aliphatic carbocycles. The van der Waals surface area contributed by atoms with Gasteiger partial charge in [-0.05, 0) is 6.42 Å². The van der Waals surface area contributed by atoms with E-state index >= 15 is 0 Å². The Morgan fingerprint density at radius 3 is 2.00 bits per heavy atom. The molecule has 0 aromatic carbocycles. The number of morpholine rings is 1. The van der Waals surface area contributed by atoms with Crippen LogP contribution in [0, 0.1) is 0 Å². The quantitative estimate of drug-likeness (QED) is 0.349. The summed E-state index contributed by atoms with van der Waals surface area (Å²) in [5.41, 5.74) is 0. The molecular weight excluding hydrogens is 233 g/mol. The van der Waals surface area contributed by atoms with Crippen molar-refractivity contribution >= 4 is 10.1 Å². The summed E-state index contributed by atoms with van der Waals surface area (Å²) in [7, 11) is -3.85. The molecule has 1 aliphatic heterocycles. The van der Waals surface area contributed by atoms with Gasteiger partial charge in [0, 0.05) is 19.7 Å². The van der Waals surface area contributed by atoms with Crippen molar-refractivity contribution in [2.24, 2.45) is 0 Å². The fraction of sp³-hybridized carbons (Fsp3) is 1.00. The second-order valence-corrected chi connectivity index (χ2v) is 4.30. The van der Waals surface area contributed by atoms with Crippen LogP contribution in [-0.2, 0) is 14.9 Å². The van der Waals surface area contributed by atoms with Crippen LogP contribution < -0.4 is 34.9 Å². The van der Waals surface area contributed by atoms with E-state index in [-0.39, 0.29) is 49.8 Å². The van der Waals surface area contributed by atoms with Crippen molar-refractivity contribution in [1.29, 1.82) is 0 Å². The number of rotatable bonds is 3. The summed E-state index contributed by atoms with van der Waals surface area (Å²) in [4.78, 5) is 0. The van der Waals surface area contributed by atoms with Gasteiger partial charge in [-0.1, -0.05) is 0 Å². The third-order valence-corrected chi connectivity index (χ3v) is 2.21. The molecule has 3 N–H and O–H groups in total. The van der Waals surface area contributed by atoms with Gasteiger partial charge in [0.2, 0.25) is 0 Å². The molecule has 0 atom stereocenters. The van der Waals surface area contributed by atoms with Crippen molar-refractivity contribution in [2.45, 2.75) is 6.42 Å². The van der Waals surface area contributed by atoms with Crippen LogP contribution >= 0.6 is 0 Å². The Bertz CT molecular complexity index is 211. The number of ether oxygens (including phenoxy) is 1. The molecule has 1 aliphatic rings. The normalized spacial score (nSPS) is 15.9. The molecule has 0 amide bonds. The van der Waals surface area contributed by atoms with Crippen molar-refractivity contribution in [1.82, 2.24) is 5.32 Å². The first-order chi connectivity index (χ1) is 6.56. The van der Waals surface area contributed by atoms with E-state index in [0.29, 0.717) is 0 Å². The predicted molar refractivity (Wildman–Crippen MR) is 52.9 cm³/mol. The molecular formula is C7H18NNaO5S. The van der Waals surface area contributed by atoms with Gasteiger partial charge in [0.05, 0.1) is 19.0 Å². The molecule has 0 aromatic rings. The molecule has 1 heterocycles. The van der Waals surface area contributed by atoms with Gasteiger partial charge < -0.3 is 16.6 Å². The van der Waals surface area contributed by atoms with Gasteiger partial charge in [0.15, 0.2) is 0 Å². The Labute approximate surface area is 114 Å². The largest absolute Gasteiger partial charge is 1.00 e. The monoisotopic (exact) mass is 251 g/mol. The Morgan fingerprint density at radius 1 is 1.33 bits per heavy atom. The molecule has 0 bridgehead atoms. The zero-order chi connectivity index (χ0) is 10.9. The van der Waals surface area contributed by atoms with Gasteiger partial charge >= 0.3 is 29.6 Å². The number of aliphatic hydroxyl groups is 1. The maximum absolute atomic E-state index is 9.83. The van der Waals surface area contributed by atoms with Crippen LogP contribution in [0.2, 0.25) is 0 Å². The third kappa shape index (κ3) is 17.4. The maximum atomic E-state index is 9.83. The van der Waals surface area contributed by atoms with Crippen LogP contribution in [0.1, 0.15) is 7.85 Å². The van der Waals surface area contributed by atoms with Gasteiger partial charge in [-0.25, -0.2) is 0 Å². The summed E-state index contributed by atoms with van der Waals surface area (Å²) < 4.78 is 32.7. The Kier molecular flexibility index (Phi) is 13.7. The molecule has 6 nitrogen and oxygen atoms in total. The van der Waals surface area contributed by atoms with Crippen LogP contribution in [0.4, 0.5) is 0 Å². The van der Waals surface area contributed by atoms with E-state index in [0.717, 1.165) is 26.3 Å². The molecule has 0 radical (unpaired) electrons. The molecule has 88 valence electrons. The minimum absolute atomic E-state index is 0. The smallest absolute Gasteiger partial charge is 1.00 e. The van der Waals surface area contributed by atoms with Crippen molar-refractivity contribution in [3.63, 3.8) is 0 Å². The zero-order valence-electron chi connectivity index (χ0n) is 9.98. The average Bonchev–Trinajstić information content (AvgIpc) is 2.17. The molecule has 0 spiro atoms. The van der Waals surface area contributed by atoms with E-state index in [1.54, 1.807) is 0 Å². The van der Waals surface area contributed by atoms with Gasteiger partial charge in [0.1, 0.15) is 0 Å². The van der Waals surface area contributed by atoms with Gasteiger partial charge in [0.25, 0.3) is 10.1 Å². The van der Waals surface area contributed by atoms with Crippen LogP contribution in [0.3, 0.4) is 0 Å². The molecule has 15 heavy (non-hydrogen) atoms. The van der Waals surface area contributed by atoms with E-state index in [1.165, 1.54) is 0 Å².